The molecule has 0 spiro atoms. The number of nitrogens with zero attached hydrogens (tertiary/aromatic N) is 5. The highest BCUT2D eigenvalue weighted by Gasteiger charge is 2.31. The molecule has 0 radical (unpaired) electrons. The molecule has 2 aliphatic heterocycles. The van der Waals surface area contributed by atoms with Crippen LogP contribution in [0.2, 0.25) is 0 Å². The van der Waals surface area contributed by atoms with E-state index >= 15 is 0 Å². The number of aliphatic hydroxyl groups is 1. The highest BCUT2D eigenvalue weighted by atomic mass is 16.3. The maximum atomic E-state index is 10.4. The van der Waals surface area contributed by atoms with E-state index < -0.39 is 0 Å². The minimum Gasteiger partial charge on any atom is -0.391 e. The largest absolute Gasteiger partial charge is 0.391 e. The topological polar surface area (TPSA) is 65.4 Å². The summed E-state index contributed by atoms with van der Waals surface area (Å²) in [4.78, 5) is 18.1. The van der Waals surface area contributed by atoms with E-state index in [1.54, 1.807) is 0 Å². The first-order valence-electron chi connectivity index (χ1n) is 9.64. The van der Waals surface area contributed by atoms with E-state index in [2.05, 4.69) is 24.8 Å². The van der Waals surface area contributed by atoms with Gasteiger partial charge in [0.05, 0.1) is 6.10 Å². The number of aliphatic hydroxyl groups excluding tert-OH is 1. The third kappa shape index (κ3) is 4.19. The molecule has 6 heteroatoms. The van der Waals surface area contributed by atoms with Crippen molar-refractivity contribution in [2.24, 2.45) is 5.92 Å². The van der Waals surface area contributed by atoms with Crippen molar-refractivity contribution in [1.29, 1.82) is 0 Å². The molecule has 2 aromatic rings. The van der Waals surface area contributed by atoms with Gasteiger partial charge >= 0.3 is 0 Å². The van der Waals surface area contributed by atoms with Gasteiger partial charge < -0.3 is 10.0 Å². The number of pyridine rings is 1. The highest BCUT2D eigenvalue weighted by Crippen LogP contribution is 2.23. The molecule has 26 heavy (non-hydrogen) atoms. The van der Waals surface area contributed by atoms with Crippen LogP contribution in [0.4, 0.5) is 5.95 Å². The summed E-state index contributed by atoms with van der Waals surface area (Å²) in [5, 5.41) is 10.4. The molecule has 0 amide bonds. The zero-order valence-electron chi connectivity index (χ0n) is 15.2. The Kier molecular flexibility index (Phi) is 5.41. The fourth-order valence-corrected chi connectivity index (χ4v) is 4.00. The van der Waals surface area contributed by atoms with Crippen LogP contribution < -0.4 is 4.90 Å². The summed E-state index contributed by atoms with van der Waals surface area (Å²) in [6, 6.07) is 5.96. The number of anilines is 1. The summed E-state index contributed by atoms with van der Waals surface area (Å²) in [5.74, 6) is 1.08. The molecule has 4 rings (SSSR count). The van der Waals surface area contributed by atoms with Crippen molar-refractivity contribution in [2.45, 2.75) is 38.3 Å². The van der Waals surface area contributed by atoms with Gasteiger partial charge in [0.25, 0.3) is 0 Å². The molecule has 4 heterocycles. The number of rotatable bonds is 5. The molecule has 2 fully saturated rings. The van der Waals surface area contributed by atoms with Gasteiger partial charge in [0.1, 0.15) is 0 Å². The molecular formula is C20H27N5O. The van der Waals surface area contributed by atoms with E-state index in [0.717, 1.165) is 49.8 Å². The molecule has 0 aliphatic carbocycles. The summed E-state index contributed by atoms with van der Waals surface area (Å²) >= 11 is 0. The Labute approximate surface area is 154 Å². The van der Waals surface area contributed by atoms with Crippen LogP contribution in [-0.2, 0) is 13.0 Å². The third-order valence-corrected chi connectivity index (χ3v) is 5.42. The molecule has 1 N–H and O–H groups in total. The Morgan fingerprint density at radius 3 is 2.54 bits per heavy atom. The van der Waals surface area contributed by atoms with Crippen molar-refractivity contribution in [1.82, 2.24) is 19.9 Å². The molecular weight excluding hydrogens is 326 g/mol. The standard InChI is InChI=1S/C20H27N5O/c26-19-15-24(14-17(19)10-18-6-2-3-7-21-18)13-16-11-22-20(23-12-16)25-8-4-1-5-9-25/h2-3,6-7,11-12,17,19,26H,1,4-5,8-10,13-15H2/t17-,19-/m1/s1. The van der Waals surface area contributed by atoms with Crippen LogP contribution in [0.3, 0.4) is 0 Å². The van der Waals surface area contributed by atoms with Gasteiger partial charge in [-0.05, 0) is 37.8 Å². The monoisotopic (exact) mass is 353 g/mol. The summed E-state index contributed by atoms with van der Waals surface area (Å²) in [7, 11) is 0. The summed E-state index contributed by atoms with van der Waals surface area (Å²) in [6.45, 7) is 4.49. The molecule has 2 saturated heterocycles. The highest BCUT2D eigenvalue weighted by molar-refractivity contribution is 5.30. The maximum absolute atomic E-state index is 10.4. The molecule has 0 saturated carbocycles. The maximum Gasteiger partial charge on any atom is 0.225 e. The predicted octanol–water partition coefficient (Wildman–Crippen LogP) is 1.90. The second-order valence-corrected chi connectivity index (χ2v) is 7.49. The zero-order chi connectivity index (χ0) is 17.8. The van der Waals surface area contributed by atoms with E-state index in [9.17, 15) is 5.11 Å². The SMILES string of the molecule is O[C@@H]1CN(Cc2cnc(N3CCCCC3)nc2)C[C@H]1Cc1ccccn1. The minimum absolute atomic E-state index is 0.235. The fraction of sp³-hybridized carbons (Fsp3) is 0.550. The summed E-state index contributed by atoms with van der Waals surface area (Å²) in [5.41, 5.74) is 2.16. The molecule has 0 aromatic carbocycles. The lowest BCUT2D eigenvalue weighted by Gasteiger charge is -2.26. The van der Waals surface area contributed by atoms with Crippen LogP contribution in [0.1, 0.15) is 30.5 Å². The average molecular weight is 353 g/mol. The second-order valence-electron chi connectivity index (χ2n) is 7.49. The van der Waals surface area contributed by atoms with Gasteiger partial charge in [-0.25, -0.2) is 9.97 Å². The van der Waals surface area contributed by atoms with Gasteiger partial charge in [0.2, 0.25) is 5.95 Å². The van der Waals surface area contributed by atoms with Crippen LogP contribution >= 0.6 is 0 Å². The molecule has 2 atom stereocenters. The van der Waals surface area contributed by atoms with E-state index in [0.29, 0.717) is 6.54 Å². The van der Waals surface area contributed by atoms with Crippen LogP contribution in [0.15, 0.2) is 36.8 Å². The van der Waals surface area contributed by atoms with E-state index in [1.807, 2.05) is 36.8 Å². The van der Waals surface area contributed by atoms with Gasteiger partial charge in [0.15, 0.2) is 0 Å². The van der Waals surface area contributed by atoms with Gasteiger partial charge in [-0.2, -0.15) is 0 Å². The Balaban J connectivity index is 1.32. The lowest BCUT2D eigenvalue weighted by molar-refractivity contribution is 0.140. The lowest BCUT2D eigenvalue weighted by atomic mass is 10.00. The van der Waals surface area contributed by atoms with Crippen LogP contribution in [0.25, 0.3) is 0 Å². The molecule has 0 unspecified atom stereocenters. The van der Waals surface area contributed by atoms with E-state index in [4.69, 9.17) is 0 Å². The average Bonchev–Trinajstić information content (AvgIpc) is 3.03. The number of hydrogen-bond acceptors (Lipinski definition) is 6. The zero-order valence-corrected chi connectivity index (χ0v) is 15.2. The van der Waals surface area contributed by atoms with Crippen LogP contribution in [0.5, 0.6) is 0 Å². The van der Waals surface area contributed by atoms with Gasteiger partial charge in [-0.15, -0.1) is 0 Å². The number of hydrogen-bond donors (Lipinski definition) is 1. The van der Waals surface area contributed by atoms with Gasteiger partial charge in [-0.1, -0.05) is 6.07 Å². The Bertz CT molecular complexity index is 687. The van der Waals surface area contributed by atoms with Gasteiger partial charge in [-0.3, -0.25) is 9.88 Å². The number of piperidine rings is 1. The van der Waals surface area contributed by atoms with E-state index in [-0.39, 0.29) is 12.0 Å². The first-order chi connectivity index (χ1) is 12.8. The van der Waals surface area contributed by atoms with Crippen molar-refractivity contribution < 1.29 is 5.11 Å². The Morgan fingerprint density at radius 1 is 1.00 bits per heavy atom. The Morgan fingerprint density at radius 2 is 1.81 bits per heavy atom. The first-order valence-corrected chi connectivity index (χ1v) is 9.64. The molecule has 6 nitrogen and oxygen atoms in total. The minimum atomic E-state index is -0.300. The lowest BCUT2D eigenvalue weighted by Crippen LogP contribution is -2.31. The van der Waals surface area contributed by atoms with Crippen molar-refractivity contribution >= 4 is 5.95 Å². The predicted molar refractivity (Wildman–Crippen MR) is 101 cm³/mol. The van der Waals surface area contributed by atoms with Crippen molar-refractivity contribution in [2.75, 3.05) is 31.1 Å². The smallest absolute Gasteiger partial charge is 0.225 e. The molecule has 2 aromatic heterocycles. The summed E-state index contributed by atoms with van der Waals surface area (Å²) < 4.78 is 0. The third-order valence-electron chi connectivity index (χ3n) is 5.42. The Hall–Kier alpha value is -2.05. The number of likely N-dealkylation sites (tertiary alicyclic amines) is 1. The van der Waals surface area contributed by atoms with E-state index in [1.165, 1.54) is 19.3 Å². The molecule has 0 bridgehead atoms. The fourth-order valence-electron chi connectivity index (χ4n) is 4.00. The first kappa shape index (κ1) is 17.4. The quantitative estimate of drug-likeness (QED) is 0.886. The number of aromatic nitrogens is 3. The normalized spacial score (nSPS) is 24.1. The van der Waals surface area contributed by atoms with Gasteiger partial charge in [0, 0.05) is 68.5 Å². The molecule has 2 aliphatic rings. The molecule has 138 valence electrons. The van der Waals surface area contributed by atoms with Crippen LogP contribution in [-0.4, -0.2) is 57.2 Å². The van der Waals surface area contributed by atoms with Crippen molar-refractivity contribution in [3.05, 3.63) is 48.0 Å². The number of β-amino-alcohol motifs (C(OH)–C–C–N with tert-alkyl or cyclic N) is 1. The van der Waals surface area contributed by atoms with Crippen LogP contribution in [0, 0.1) is 5.92 Å². The second kappa shape index (κ2) is 8.10. The van der Waals surface area contributed by atoms with Crippen molar-refractivity contribution in [3.8, 4) is 0 Å². The summed E-state index contributed by atoms with van der Waals surface area (Å²) in [6.07, 6.45) is 9.99. The van der Waals surface area contributed by atoms with Crippen molar-refractivity contribution in [3.63, 3.8) is 0 Å².